The summed E-state index contributed by atoms with van der Waals surface area (Å²) in [6, 6.07) is 1.25. The second kappa shape index (κ2) is 6.23. The average Bonchev–Trinajstić information content (AvgIpc) is 1.90. The van der Waals surface area contributed by atoms with Crippen molar-refractivity contribution in [2.75, 3.05) is 0 Å². The van der Waals surface area contributed by atoms with Gasteiger partial charge in [0.25, 0.3) is 0 Å². The van der Waals surface area contributed by atoms with E-state index in [1.165, 1.54) is 0 Å². The fourth-order valence-electron chi connectivity index (χ4n) is 4.62. The van der Waals surface area contributed by atoms with E-state index in [0.717, 1.165) is 0 Å². The minimum atomic E-state index is -2.57. The number of hydrogen-bond donors (Lipinski definition) is 0. The van der Waals surface area contributed by atoms with E-state index in [4.69, 9.17) is 0 Å². The van der Waals surface area contributed by atoms with E-state index >= 15 is 0 Å². The third kappa shape index (κ3) is 4.89. The van der Waals surface area contributed by atoms with Gasteiger partial charge in [0.1, 0.15) is 0 Å². The Morgan fingerprint density at radius 2 is 0.947 bits per heavy atom. The summed E-state index contributed by atoms with van der Waals surface area (Å²) in [6.07, 6.45) is 0. The maximum atomic E-state index is 2.86. The average molecular weight is 377 g/mol. The van der Waals surface area contributed by atoms with Gasteiger partial charge in [0, 0.05) is 0 Å². The summed E-state index contributed by atoms with van der Waals surface area (Å²) >= 11 is -2.57. The van der Waals surface area contributed by atoms with E-state index < -0.39 is 18.9 Å². The van der Waals surface area contributed by atoms with Crippen LogP contribution in [-0.4, -0.2) is 48.3 Å². The molecule has 0 atom stereocenters. The molecule has 0 amide bonds. The maximum absolute atomic E-state index is 2.86. The molecule has 3 heteroatoms. The van der Waals surface area contributed by atoms with Gasteiger partial charge < -0.3 is 0 Å². The van der Waals surface area contributed by atoms with Crippen molar-refractivity contribution in [3.63, 3.8) is 0 Å². The summed E-state index contributed by atoms with van der Waals surface area (Å²) in [5.74, 6) is 0. The fourth-order valence-corrected chi connectivity index (χ4v) is 21.9. The van der Waals surface area contributed by atoms with E-state index in [0.29, 0.717) is 12.1 Å². The Morgan fingerprint density at radius 3 is 1.11 bits per heavy atom. The molecule has 0 heterocycles. The first kappa shape index (κ1) is 19.7. The Balaban J connectivity index is 5.78. The van der Waals surface area contributed by atoms with E-state index in [-0.39, 0.29) is 11.1 Å². The molecule has 0 radical (unpaired) electrons. The van der Waals surface area contributed by atoms with Crippen molar-refractivity contribution >= 4 is 18.9 Å². The molecule has 0 aliphatic carbocycles. The van der Waals surface area contributed by atoms with Crippen LogP contribution < -0.4 is 0 Å². The molecular weight excluding hydrogens is 339 g/mol. The Labute approximate surface area is 127 Å². The second-order valence-corrected chi connectivity index (χ2v) is 20.0. The van der Waals surface area contributed by atoms with Gasteiger partial charge in [0.15, 0.2) is 0 Å². The van der Waals surface area contributed by atoms with Crippen molar-refractivity contribution in [2.45, 2.75) is 102 Å². The molecule has 0 bridgehead atoms. The zero-order valence-electron chi connectivity index (χ0n) is 15.5. The SMILES string of the molecule is CC(C)[N](C(C)C)[Sn]([CH3])([CH3])[N](C(C)(C)C)C(C)(C)C. The molecule has 0 aliphatic rings. The van der Waals surface area contributed by atoms with Crippen molar-refractivity contribution in [2.24, 2.45) is 0 Å². The molecular formula is C16H38N2Sn. The molecule has 0 aromatic carbocycles. The summed E-state index contributed by atoms with van der Waals surface area (Å²) in [6.45, 7) is 23.6. The summed E-state index contributed by atoms with van der Waals surface area (Å²) in [7, 11) is 0. The zero-order valence-corrected chi connectivity index (χ0v) is 18.4. The molecule has 0 fully saturated rings. The van der Waals surface area contributed by atoms with Crippen LogP contribution in [0, 0.1) is 0 Å². The van der Waals surface area contributed by atoms with Gasteiger partial charge >= 0.3 is 127 Å². The second-order valence-electron chi connectivity index (χ2n) is 8.77. The van der Waals surface area contributed by atoms with Gasteiger partial charge in [-0.3, -0.25) is 0 Å². The van der Waals surface area contributed by atoms with Crippen LogP contribution in [-0.2, 0) is 0 Å². The fraction of sp³-hybridized carbons (Fsp3) is 1.00. The molecule has 2 nitrogen and oxygen atoms in total. The Kier molecular flexibility index (Phi) is 6.46. The van der Waals surface area contributed by atoms with Crippen LogP contribution in [0.15, 0.2) is 0 Å². The van der Waals surface area contributed by atoms with Gasteiger partial charge in [-0.25, -0.2) is 0 Å². The van der Waals surface area contributed by atoms with Crippen molar-refractivity contribution in [3.05, 3.63) is 0 Å². The van der Waals surface area contributed by atoms with Crippen LogP contribution in [0.4, 0.5) is 0 Å². The molecule has 19 heavy (non-hydrogen) atoms. The molecule has 0 aromatic rings. The molecule has 0 aromatic heterocycles. The van der Waals surface area contributed by atoms with Crippen LogP contribution in [0.5, 0.6) is 0 Å². The summed E-state index contributed by atoms with van der Waals surface area (Å²) in [5.41, 5.74) is 0.444. The minimum absolute atomic E-state index is 0.222. The Bertz CT molecular complexity index is 260. The zero-order chi connectivity index (χ0) is 15.8. The molecule has 0 spiro atoms. The normalized spacial score (nSPS) is 15.2. The number of rotatable bonds is 4. The van der Waals surface area contributed by atoms with E-state index in [9.17, 15) is 0 Å². The first-order valence-electron chi connectivity index (χ1n) is 7.72. The van der Waals surface area contributed by atoms with Crippen LogP contribution >= 0.6 is 0 Å². The molecule has 0 saturated heterocycles. The molecule has 0 unspecified atom stereocenters. The third-order valence-corrected chi connectivity index (χ3v) is 17.1. The van der Waals surface area contributed by atoms with Crippen molar-refractivity contribution in [3.8, 4) is 0 Å². The Morgan fingerprint density at radius 1 is 0.684 bits per heavy atom. The summed E-state index contributed by atoms with van der Waals surface area (Å²) < 4.78 is 5.68. The summed E-state index contributed by atoms with van der Waals surface area (Å²) in [4.78, 5) is 5.15. The summed E-state index contributed by atoms with van der Waals surface area (Å²) in [5, 5.41) is 0. The van der Waals surface area contributed by atoms with Crippen LogP contribution in [0.2, 0.25) is 9.88 Å². The van der Waals surface area contributed by atoms with Crippen molar-refractivity contribution in [1.82, 2.24) is 6.24 Å². The van der Waals surface area contributed by atoms with Gasteiger partial charge in [-0.15, -0.1) is 0 Å². The monoisotopic (exact) mass is 378 g/mol. The molecule has 0 aliphatic heterocycles. The number of hydrogen-bond acceptors (Lipinski definition) is 2. The number of nitrogens with zero attached hydrogens (tertiary/aromatic N) is 2. The quantitative estimate of drug-likeness (QED) is 0.655. The van der Waals surface area contributed by atoms with Crippen LogP contribution in [0.3, 0.4) is 0 Å². The first-order chi connectivity index (χ1) is 8.13. The third-order valence-electron chi connectivity index (χ3n) is 3.63. The van der Waals surface area contributed by atoms with Gasteiger partial charge in [-0.1, -0.05) is 0 Å². The first-order valence-corrected chi connectivity index (χ1v) is 16.0. The molecule has 0 N–H and O–H groups in total. The van der Waals surface area contributed by atoms with Gasteiger partial charge in [0.05, 0.1) is 0 Å². The van der Waals surface area contributed by atoms with Gasteiger partial charge in [-0.05, 0) is 0 Å². The van der Waals surface area contributed by atoms with E-state index in [2.05, 4.69) is 85.4 Å². The molecule has 116 valence electrons. The molecule has 0 saturated carbocycles. The van der Waals surface area contributed by atoms with E-state index in [1.807, 2.05) is 0 Å². The van der Waals surface area contributed by atoms with Gasteiger partial charge in [-0.2, -0.15) is 0 Å². The predicted octanol–water partition coefficient (Wildman–Crippen LogP) is 4.71. The van der Waals surface area contributed by atoms with Crippen LogP contribution in [0.25, 0.3) is 0 Å². The molecule has 0 rings (SSSR count). The van der Waals surface area contributed by atoms with Crippen molar-refractivity contribution in [1.29, 1.82) is 0 Å². The topological polar surface area (TPSA) is 6.48 Å². The van der Waals surface area contributed by atoms with Gasteiger partial charge in [0.2, 0.25) is 0 Å². The van der Waals surface area contributed by atoms with Crippen LogP contribution in [0.1, 0.15) is 69.2 Å². The predicted molar refractivity (Wildman–Crippen MR) is 90.9 cm³/mol. The standard InChI is InChI=1S/C8H18N.C6H14N.2CH3.Sn/c1-7(2,3)9-8(4,5)6;1-5(2)7-6(3)4;;;/h1-6H3;5-6H,1-4H3;2*1H3;/q2*-1;;;+2. The Hall–Kier alpha value is 0.719. The van der Waals surface area contributed by atoms with E-state index in [1.54, 1.807) is 0 Å². The van der Waals surface area contributed by atoms with Crippen molar-refractivity contribution < 1.29 is 0 Å².